The molecule has 25 heavy (non-hydrogen) atoms. The molecule has 138 valence electrons. The van der Waals surface area contributed by atoms with E-state index in [1.54, 1.807) is 0 Å². The fourth-order valence-corrected chi connectivity index (χ4v) is 3.20. The number of nitrogens with one attached hydrogen (secondary N) is 1. The molecule has 0 bridgehead atoms. The maximum absolute atomic E-state index is 6.44. The van der Waals surface area contributed by atoms with Crippen molar-refractivity contribution in [2.24, 2.45) is 11.7 Å². The van der Waals surface area contributed by atoms with Gasteiger partial charge in [-0.05, 0) is 50.3 Å². The smallest absolute Gasteiger partial charge is 0.258 e. The quantitative estimate of drug-likeness (QED) is 0.807. The molecule has 1 aromatic heterocycles. The molecular weight excluding hydrogens is 336 g/mol. The van der Waals surface area contributed by atoms with Gasteiger partial charge in [-0.25, -0.2) is 0 Å². The largest absolute Gasteiger partial charge is 0.382 e. The number of hydrogen-bond acceptors (Lipinski definition) is 5. The van der Waals surface area contributed by atoms with Crippen LogP contribution in [0.3, 0.4) is 0 Å². The number of halogens is 1. The van der Waals surface area contributed by atoms with Crippen LogP contribution in [-0.4, -0.2) is 16.2 Å². The van der Waals surface area contributed by atoms with E-state index in [-0.39, 0.29) is 12.4 Å². The average Bonchev–Trinajstić information content (AvgIpc) is 3.19. The van der Waals surface area contributed by atoms with Crippen LogP contribution in [0.5, 0.6) is 0 Å². The Labute approximate surface area is 156 Å². The third kappa shape index (κ3) is 3.98. The van der Waals surface area contributed by atoms with Crippen LogP contribution in [0.15, 0.2) is 22.7 Å². The van der Waals surface area contributed by atoms with Crippen molar-refractivity contribution in [3.05, 3.63) is 29.6 Å². The Morgan fingerprint density at radius 1 is 1.20 bits per heavy atom. The van der Waals surface area contributed by atoms with E-state index in [1.807, 2.05) is 12.1 Å². The van der Waals surface area contributed by atoms with Gasteiger partial charge in [-0.2, -0.15) is 4.98 Å². The third-order valence-corrected chi connectivity index (χ3v) is 5.31. The Balaban J connectivity index is 0.00000225. The zero-order valence-electron chi connectivity index (χ0n) is 15.5. The summed E-state index contributed by atoms with van der Waals surface area (Å²) < 4.78 is 5.55. The highest BCUT2D eigenvalue weighted by molar-refractivity contribution is 5.85. The molecule has 1 heterocycles. The van der Waals surface area contributed by atoms with Gasteiger partial charge in [0.25, 0.3) is 5.89 Å². The van der Waals surface area contributed by atoms with Crippen molar-refractivity contribution in [2.45, 2.75) is 65.0 Å². The van der Waals surface area contributed by atoms with Gasteiger partial charge in [0, 0.05) is 17.3 Å². The molecule has 1 atom stereocenters. The van der Waals surface area contributed by atoms with E-state index in [2.05, 4.69) is 49.2 Å². The van der Waals surface area contributed by atoms with Gasteiger partial charge < -0.3 is 15.6 Å². The van der Waals surface area contributed by atoms with Crippen LogP contribution in [0.2, 0.25) is 0 Å². The highest BCUT2D eigenvalue weighted by Gasteiger charge is 2.36. The van der Waals surface area contributed by atoms with E-state index in [4.69, 9.17) is 10.3 Å². The van der Waals surface area contributed by atoms with Gasteiger partial charge in [0.05, 0.1) is 5.54 Å². The van der Waals surface area contributed by atoms with Gasteiger partial charge in [0.2, 0.25) is 0 Å². The Kier molecular flexibility index (Phi) is 6.12. The minimum absolute atomic E-state index is 0. The van der Waals surface area contributed by atoms with Crippen LogP contribution in [0, 0.1) is 12.8 Å². The second-order valence-electron chi connectivity index (χ2n) is 7.44. The molecule has 0 radical (unpaired) electrons. The zero-order valence-corrected chi connectivity index (χ0v) is 16.3. The fraction of sp³-hybridized carbons (Fsp3) is 0.579. The van der Waals surface area contributed by atoms with Crippen molar-refractivity contribution in [1.82, 2.24) is 10.1 Å². The summed E-state index contributed by atoms with van der Waals surface area (Å²) in [5.41, 5.74) is 9.22. The summed E-state index contributed by atoms with van der Waals surface area (Å²) in [6, 6.07) is 6.53. The van der Waals surface area contributed by atoms with Crippen molar-refractivity contribution in [1.29, 1.82) is 0 Å². The lowest BCUT2D eigenvalue weighted by Crippen LogP contribution is -2.34. The number of nitrogens with two attached hydrogens (primary N) is 1. The monoisotopic (exact) mass is 364 g/mol. The lowest BCUT2D eigenvalue weighted by Gasteiger charge is -2.21. The van der Waals surface area contributed by atoms with Crippen LogP contribution in [0.4, 0.5) is 5.69 Å². The summed E-state index contributed by atoms with van der Waals surface area (Å²) >= 11 is 0. The van der Waals surface area contributed by atoms with Crippen molar-refractivity contribution in [3.63, 3.8) is 0 Å². The number of hydrogen-bond donors (Lipinski definition) is 2. The average molecular weight is 365 g/mol. The summed E-state index contributed by atoms with van der Waals surface area (Å²) in [6.07, 6.45) is 4.12. The Morgan fingerprint density at radius 3 is 2.52 bits per heavy atom. The van der Waals surface area contributed by atoms with E-state index in [9.17, 15) is 0 Å². The maximum Gasteiger partial charge on any atom is 0.258 e. The van der Waals surface area contributed by atoms with E-state index < -0.39 is 5.54 Å². The predicted octanol–water partition coefficient (Wildman–Crippen LogP) is 4.65. The van der Waals surface area contributed by atoms with E-state index in [0.29, 0.717) is 23.7 Å². The molecule has 5 nitrogen and oxygen atoms in total. The highest BCUT2D eigenvalue weighted by atomic mass is 35.5. The first-order valence-electron chi connectivity index (χ1n) is 8.90. The SMILES string of the molecule is Cc1c(NC(C)C(C)C)cccc1-c1nc(C2(N)CCCC2)no1.Cl. The molecule has 3 rings (SSSR count). The summed E-state index contributed by atoms with van der Waals surface area (Å²) in [6.45, 7) is 8.70. The van der Waals surface area contributed by atoms with E-state index in [0.717, 1.165) is 42.5 Å². The standard InChI is InChI=1S/C19H28N4O.ClH/c1-12(2)14(4)21-16-9-7-8-15(13(16)3)17-22-18(23-24-17)19(20)10-5-6-11-19;/h7-9,12,14,21H,5-6,10-11,20H2,1-4H3;1H. The molecule has 1 saturated carbocycles. The van der Waals surface area contributed by atoms with Gasteiger partial charge in [-0.15, -0.1) is 12.4 Å². The molecule has 0 aliphatic heterocycles. The van der Waals surface area contributed by atoms with Gasteiger partial charge >= 0.3 is 0 Å². The molecule has 6 heteroatoms. The molecule has 0 saturated heterocycles. The van der Waals surface area contributed by atoms with E-state index in [1.165, 1.54) is 0 Å². The van der Waals surface area contributed by atoms with Crippen LogP contribution in [0.25, 0.3) is 11.5 Å². The van der Waals surface area contributed by atoms with Gasteiger partial charge in [0.15, 0.2) is 5.82 Å². The topological polar surface area (TPSA) is 77.0 Å². The van der Waals surface area contributed by atoms with Crippen molar-refractivity contribution in [2.75, 3.05) is 5.32 Å². The fourth-order valence-electron chi connectivity index (χ4n) is 3.20. The summed E-state index contributed by atoms with van der Waals surface area (Å²) in [5, 5.41) is 7.75. The maximum atomic E-state index is 6.44. The number of nitrogens with zero attached hydrogens (tertiary/aromatic N) is 2. The Morgan fingerprint density at radius 2 is 1.88 bits per heavy atom. The number of anilines is 1. The zero-order chi connectivity index (χ0) is 17.3. The number of rotatable bonds is 5. The molecule has 3 N–H and O–H groups in total. The molecule has 0 amide bonds. The summed E-state index contributed by atoms with van der Waals surface area (Å²) in [5.74, 6) is 1.76. The molecule has 0 spiro atoms. The lowest BCUT2D eigenvalue weighted by molar-refractivity contribution is 0.372. The third-order valence-electron chi connectivity index (χ3n) is 5.31. The molecule has 1 aliphatic rings. The van der Waals surface area contributed by atoms with Crippen LogP contribution in [-0.2, 0) is 5.54 Å². The Bertz CT molecular complexity index is 707. The molecule has 1 aliphatic carbocycles. The normalized spacial score (nSPS) is 17.4. The number of aromatic nitrogens is 2. The Hall–Kier alpha value is -1.59. The first kappa shape index (κ1) is 19.7. The van der Waals surface area contributed by atoms with E-state index >= 15 is 0 Å². The minimum atomic E-state index is -0.419. The molecule has 2 aromatic rings. The van der Waals surface area contributed by atoms with Gasteiger partial charge in [-0.1, -0.05) is 37.9 Å². The minimum Gasteiger partial charge on any atom is -0.382 e. The van der Waals surface area contributed by atoms with Crippen LogP contribution >= 0.6 is 12.4 Å². The second-order valence-corrected chi connectivity index (χ2v) is 7.44. The predicted molar refractivity (Wildman–Crippen MR) is 104 cm³/mol. The molecular formula is C19H29ClN4O. The van der Waals surface area contributed by atoms with Crippen LogP contribution in [0.1, 0.15) is 57.8 Å². The first-order valence-corrected chi connectivity index (χ1v) is 8.90. The van der Waals surface area contributed by atoms with Gasteiger partial charge in [0.1, 0.15) is 0 Å². The first-order chi connectivity index (χ1) is 11.4. The second kappa shape index (κ2) is 7.75. The molecule has 1 fully saturated rings. The van der Waals surface area contributed by atoms with Gasteiger partial charge in [-0.3, -0.25) is 0 Å². The summed E-state index contributed by atoms with van der Waals surface area (Å²) in [4.78, 5) is 4.62. The molecule has 1 aromatic carbocycles. The molecule has 1 unspecified atom stereocenters. The van der Waals surface area contributed by atoms with Crippen molar-refractivity contribution >= 4 is 18.1 Å². The van der Waals surface area contributed by atoms with Crippen molar-refractivity contribution in [3.8, 4) is 11.5 Å². The highest BCUT2D eigenvalue weighted by Crippen LogP contribution is 2.36. The summed E-state index contributed by atoms with van der Waals surface area (Å²) in [7, 11) is 0. The van der Waals surface area contributed by atoms with Crippen LogP contribution < -0.4 is 11.1 Å². The van der Waals surface area contributed by atoms with Crippen molar-refractivity contribution < 1.29 is 4.52 Å². The lowest BCUT2D eigenvalue weighted by atomic mass is 9.98. The number of benzene rings is 1.